The van der Waals surface area contributed by atoms with E-state index >= 15 is 0 Å². The number of carbonyl (C=O) groups excluding carboxylic acids is 1. The molecule has 1 amide bonds. The molecule has 2 aliphatic rings. The molecule has 0 aliphatic heterocycles. The van der Waals surface area contributed by atoms with Gasteiger partial charge in [-0.1, -0.05) is 19.8 Å². The van der Waals surface area contributed by atoms with E-state index in [2.05, 4.69) is 17.0 Å². The molecule has 2 aliphatic carbocycles. The van der Waals surface area contributed by atoms with Gasteiger partial charge in [0, 0.05) is 0 Å². The summed E-state index contributed by atoms with van der Waals surface area (Å²) in [4.78, 5) is 12.1. The molecule has 104 valence electrons. The molecule has 2 unspecified atom stereocenters. The monoisotopic (exact) mass is 274 g/mol. The lowest BCUT2D eigenvalue weighted by Crippen LogP contribution is -2.49. The summed E-state index contributed by atoms with van der Waals surface area (Å²) >= 11 is 0. The van der Waals surface area contributed by atoms with Crippen LogP contribution in [0.15, 0.2) is 0 Å². The fraction of sp³-hybridized carbons (Fsp3) is 0.917. The van der Waals surface area contributed by atoms with Gasteiger partial charge in [0.2, 0.25) is 10.0 Å². The molecule has 2 atom stereocenters. The van der Waals surface area contributed by atoms with E-state index in [0.29, 0.717) is 12.8 Å². The summed E-state index contributed by atoms with van der Waals surface area (Å²) in [5.74, 6) is -0.0881. The summed E-state index contributed by atoms with van der Waals surface area (Å²) in [7, 11) is -1.69. The Morgan fingerprint density at radius 1 is 1.39 bits per heavy atom. The molecule has 5 nitrogen and oxygen atoms in total. The van der Waals surface area contributed by atoms with Crippen molar-refractivity contribution in [2.45, 2.75) is 56.2 Å². The summed E-state index contributed by atoms with van der Waals surface area (Å²) < 4.78 is 25.8. The lowest BCUT2D eigenvalue weighted by molar-refractivity contribution is -0.122. The molecule has 0 spiro atoms. The van der Waals surface area contributed by atoms with Crippen LogP contribution in [0.25, 0.3) is 0 Å². The maximum Gasteiger partial charge on any atom is 0.254 e. The van der Waals surface area contributed by atoms with Gasteiger partial charge in [-0.3, -0.25) is 9.52 Å². The number of carbonyl (C=O) groups is 1. The highest BCUT2D eigenvalue weighted by atomic mass is 32.2. The number of unbranched alkanes of at least 4 members (excludes halogenated alkanes) is 1. The molecular formula is C12H22N2O3S. The molecule has 2 rings (SSSR count). The lowest BCUT2D eigenvalue weighted by atomic mass is 10.1. The molecule has 0 aromatic heterocycles. The van der Waals surface area contributed by atoms with Gasteiger partial charge in [0.25, 0.3) is 5.91 Å². The van der Waals surface area contributed by atoms with Crippen LogP contribution in [0.3, 0.4) is 0 Å². The van der Waals surface area contributed by atoms with Crippen molar-refractivity contribution in [3.63, 3.8) is 0 Å². The van der Waals surface area contributed by atoms with E-state index in [1.165, 1.54) is 0 Å². The van der Waals surface area contributed by atoms with E-state index in [4.69, 9.17) is 0 Å². The second kappa shape index (κ2) is 4.81. The number of sulfonamides is 1. The van der Waals surface area contributed by atoms with Crippen molar-refractivity contribution >= 4 is 15.9 Å². The minimum absolute atomic E-state index is 0.275. The largest absolute Gasteiger partial charge is 0.306 e. The zero-order valence-electron chi connectivity index (χ0n) is 11.0. The van der Waals surface area contributed by atoms with E-state index in [-0.39, 0.29) is 17.1 Å². The molecule has 0 aromatic rings. The summed E-state index contributed by atoms with van der Waals surface area (Å²) in [6.07, 6.45) is 5.25. The van der Waals surface area contributed by atoms with Gasteiger partial charge in [-0.15, -0.1) is 0 Å². The summed E-state index contributed by atoms with van der Waals surface area (Å²) in [6, 6.07) is 0. The van der Waals surface area contributed by atoms with Crippen molar-refractivity contribution < 1.29 is 13.2 Å². The Morgan fingerprint density at radius 3 is 2.56 bits per heavy atom. The van der Waals surface area contributed by atoms with E-state index in [1.54, 1.807) is 7.05 Å². The smallest absolute Gasteiger partial charge is 0.254 e. The Balaban J connectivity index is 1.95. The normalized spacial score (nSPS) is 31.1. The standard InChI is InChI=1S/C12H22N2O3S/c1-3-4-5-9-8-12(9,13-2)11(15)14-18(16,17)10-6-7-10/h9-10,13H,3-8H2,1-2H3,(H,14,15). The van der Waals surface area contributed by atoms with Gasteiger partial charge in [-0.2, -0.15) is 0 Å². The predicted molar refractivity (Wildman–Crippen MR) is 69.5 cm³/mol. The first-order chi connectivity index (χ1) is 8.46. The van der Waals surface area contributed by atoms with Gasteiger partial charge in [0.15, 0.2) is 0 Å². The van der Waals surface area contributed by atoms with Gasteiger partial charge in [0.05, 0.1) is 5.25 Å². The molecule has 0 saturated heterocycles. The SMILES string of the molecule is CCCCC1CC1(NC)C(=O)NS(=O)(=O)C1CC1. The number of hydrogen-bond acceptors (Lipinski definition) is 4. The first kappa shape index (κ1) is 13.8. The van der Waals surface area contributed by atoms with Gasteiger partial charge in [0.1, 0.15) is 5.54 Å². The predicted octanol–water partition coefficient (Wildman–Crippen LogP) is 0.763. The minimum atomic E-state index is -3.42. The van der Waals surface area contributed by atoms with Crippen molar-refractivity contribution in [1.29, 1.82) is 0 Å². The summed E-state index contributed by atoms with van der Waals surface area (Å²) in [5, 5.41) is 2.67. The average molecular weight is 274 g/mol. The highest BCUT2D eigenvalue weighted by Gasteiger charge is 2.59. The van der Waals surface area contributed by atoms with Crippen LogP contribution in [0.4, 0.5) is 0 Å². The third-order valence-corrected chi connectivity index (χ3v) is 5.88. The quantitative estimate of drug-likeness (QED) is 0.719. The fourth-order valence-electron chi connectivity index (χ4n) is 2.51. The number of likely N-dealkylation sites (N-methyl/N-ethyl adjacent to an activating group) is 1. The van der Waals surface area contributed by atoms with Gasteiger partial charge in [-0.05, 0) is 38.6 Å². The summed E-state index contributed by atoms with van der Waals surface area (Å²) in [5.41, 5.74) is -0.642. The van der Waals surface area contributed by atoms with Gasteiger partial charge >= 0.3 is 0 Å². The van der Waals surface area contributed by atoms with Crippen molar-refractivity contribution in [2.24, 2.45) is 5.92 Å². The van der Waals surface area contributed by atoms with Gasteiger partial charge in [-0.25, -0.2) is 8.42 Å². The number of rotatable bonds is 7. The molecular weight excluding hydrogens is 252 g/mol. The van der Waals surface area contributed by atoms with Crippen LogP contribution in [-0.2, 0) is 14.8 Å². The highest BCUT2D eigenvalue weighted by molar-refractivity contribution is 7.90. The highest BCUT2D eigenvalue weighted by Crippen LogP contribution is 2.47. The second-order valence-corrected chi connectivity index (χ2v) is 7.40. The van der Waals surface area contributed by atoms with Crippen molar-refractivity contribution in [3.8, 4) is 0 Å². The van der Waals surface area contributed by atoms with Crippen molar-refractivity contribution in [1.82, 2.24) is 10.0 Å². The third kappa shape index (κ3) is 2.54. The maximum atomic E-state index is 12.1. The topological polar surface area (TPSA) is 75.3 Å². The molecule has 2 saturated carbocycles. The minimum Gasteiger partial charge on any atom is -0.306 e. The molecule has 0 bridgehead atoms. The van der Waals surface area contributed by atoms with Gasteiger partial charge < -0.3 is 5.32 Å². The molecule has 0 radical (unpaired) electrons. The first-order valence-electron chi connectivity index (χ1n) is 6.71. The fourth-order valence-corrected chi connectivity index (χ4v) is 3.87. The number of hydrogen-bond donors (Lipinski definition) is 2. The number of amides is 1. The first-order valence-corrected chi connectivity index (χ1v) is 8.26. The van der Waals surface area contributed by atoms with E-state index in [9.17, 15) is 13.2 Å². The number of nitrogens with one attached hydrogen (secondary N) is 2. The molecule has 6 heteroatoms. The van der Waals surface area contributed by atoms with Crippen LogP contribution < -0.4 is 10.0 Å². The van der Waals surface area contributed by atoms with Crippen LogP contribution in [0.1, 0.15) is 45.4 Å². The van der Waals surface area contributed by atoms with Crippen molar-refractivity contribution in [2.75, 3.05) is 7.05 Å². The van der Waals surface area contributed by atoms with Crippen molar-refractivity contribution in [3.05, 3.63) is 0 Å². The Bertz CT molecular complexity index is 431. The lowest BCUT2D eigenvalue weighted by Gasteiger charge is -2.16. The van der Waals surface area contributed by atoms with Crippen LogP contribution in [0.5, 0.6) is 0 Å². The zero-order valence-corrected chi connectivity index (χ0v) is 11.8. The van der Waals surface area contributed by atoms with Crippen LogP contribution in [0.2, 0.25) is 0 Å². The maximum absolute atomic E-state index is 12.1. The molecule has 2 fully saturated rings. The molecule has 0 aromatic carbocycles. The molecule has 0 heterocycles. The van der Waals surface area contributed by atoms with E-state index < -0.39 is 15.6 Å². The van der Waals surface area contributed by atoms with Crippen LogP contribution in [0, 0.1) is 5.92 Å². The van der Waals surface area contributed by atoms with Crippen LogP contribution >= 0.6 is 0 Å². The summed E-state index contributed by atoms with van der Waals surface area (Å²) in [6.45, 7) is 2.11. The third-order valence-electron chi connectivity index (χ3n) is 4.06. The molecule has 2 N–H and O–H groups in total. The Hall–Kier alpha value is -0.620. The molecule has 18 heavy (non-hydrogen) atoms. The average Bonchev–Trinajstić information content (AvgIpc) is 3.17. The Labute approximate surface area is 109 Å². The Morgan fingerprint density at radius 2 is 2.06 bits per heavy atom. The van der Waals surface area contributed by atoms with E-state index in [0.717, 1.165) is 25.7 Å². The van der Waals surface area contributed by atoms with Crippen LogP contribution in [-0.4, -0.2) is 32.2 Å². The second-order valence-electron chi connectivity index (χ2n) is 5.44. The Kier molecular flexibility index (Phi) is 3.69. The van der Waals surface area contributed by atoms with E-state index in [1.807, 2.05) is 0 Å². The zero-order chi connectivity index (χ0) is 13.4.